The Balaban J connectivity index is 2.09. The molecule has 1 N–H and O–H groups in total. The van der Waals surface area contributed by atoms with Crippen molar-refractivity contribution in [2.45, 2.75) is 31.5 Å². The summed E-state index contributed by atoms with van der Waals surface area (Å²) in [5, 5.41) is 18.3. The first kappa shape index (κ1) is 19.9. The lowest BCUT2D eigenvalue weighted by Crippen LogP contribution is -2.45. The molecule has 1 unspecified atom stereocenters. The highest BCUT2D eigenvalue weighted by molar-refractivity contribution is 7.81. The van der Waals surface area contributed by atoms with Gasteiger partial charge in [-0.15, -0.1) is 12.6 Å². The molecule has 2 aromatic rings. The van der Waals surface area contributed by atoms with Gasteiger partial charge in [-0.1, -0.05) is 0 Å². The van der Waals surface area contributed by atoms with Gasteiger partial charge in [0.2, 0.25) is 0 Å². The molecule has 1 fully saturated rings. The van der Waals surface area contributed by atoms with Crippen LogP contribution in [-0.2, 0) is 11.4 Å². The van der Waals surface area contributed by atoms with Gasteiger partial charge in [0.15, 0.2) is 17.1 Å². The number of carbonyl (C=O) groups excluding carboxylic acids is 1. The van der Waals surface area contributed by atoms with E-state index in [1.165, 1.54) is 30.3 Å². The van der Waals surface area contributed by atoms with E-state index in [-0.39, 0.29) is 29.5 Å². The number of aromatic nitrogens is 1. The quantitative estimate of drug-likeness (QED) is 0.764. The van der Waals surface area contributed by atoms with Gasteiger partial charge in [-0.05, 0) is 38.1 Å². The van der Waals surface area contributed by atoms with Gasteiger partial charge in [0.05, 0.1) is 42.5 Å². The third-order valence-corrected chi connectivity index (χ3v) is 5.18. The van der Waals surface area contributed by atoms with Crippen LogP contribution in [0.15, 0.2) is 30.5 Å². The number of aliphatic hydroxyl groups excluding tert-OH is 1. The van der Waals surface area contributed by atoms with Gasteiger partial charge in [-0.2, -0.15) is 5.26 Å². The number of benzene rings is 1. The maximum atomic E-state index is 15.0. The molecule has 146 valence electrons. The number of carbonyl (C=O) groups is 1. The number of ether oxygens (including phenoxy) is 1. The van der Waals surface area contributed by atoms with Crippen LogP contribution in [0.25, 0.3) is 0 Å². The largest absolute Gasteiger partial charge is 0.492 e. The third kappa shape index (κ3) is 2.95. The lowest BCUT2D eigenvalue weighted by molar-refractivity contribution is -0.120. The van der Waals surface area contributed by atoms with E-state index in [2.05, 4.69) is 17.6 Å². The number of halogens is 1. The molecule has 28 heavy (non-hydrogen) atoms. The Morgan fingerprint density at radius 2 is 2.11 bits per heavy atom. The van der Waals surface area contributed by atoms with E-state index in [1.807, 2.05) is 6.07 Å². The highest BCUT2D eigenvalue weighted by Crippen LogP contribution is 2.42. The molecule has 1 amide bonds. The molecular formula is C19H19FN4O3S. The number of amides is 1. The standard InChI is InChI=1S/C19H19FN4O3S/c1-19(2)17(26)23(14-7-4-11(8-21)16(27-3)15(14)20)18(28)24(19)13-6-5-12(10-25)22-9-13/h4-7,9,18,25,28H,10H2,1-3H3. The van der Waals surface area contributed by atoms with Crippen molar-refractivity contribution in [2.75, 3.05) is 16.9 Å². The second-order valence-electron chi connectivity index (χ2n) is 6.71. The Kier molecular flexibility index (Phi) is 5.19. The van der Waals surface area contributed by atoms with Gasteiger partial charge >= 0.3 is 0 Å². The summed E-state index contributed by atoms with van der Waals surface area (Å²) in [6.07, 6.45) is 1.53. The number of rotatable bonds is 4. The zero-order valence-corrected chi connectivity index (χ0v) is 16.4. The summed E-state index contributed by atoms with van der Waals surface area (Å²) in [7, 11) is 1.26. The fourth-order valence-electron chi connectivity index (χ4n) is 3.27. The van der Waals surface area contributed by atoms with Gasteiger partial charge in [-0.3, -0.25) is 14.7 Å². The smallest absolute Gasteiger partial charge is 0.254 e. The Morgan fingerprint density at radius 1 is 1.39 bits per heavy atom. The predicted octanol–water partition coefficient (Wildman–Crippen LogP) is 2.44. The van der Waals surface area contributed by atoms with Crippen LogP contribution in [0.2, 0.25) is 0 Å². The first-order chi connectivity index (χ1) is 13.3. The van der Waals surface area contributed by atoms with Crippen molar-refractivity contribution in [3.8, 4) is 11.8 Å². The number of aliphatic hydroxyl groups is 1. The Labute approximate surface area is 167 Å². The summed E-state index contributed by atoms with van der Waals surface area (Å²) in [6.45, 7) is 3.21. The Bertz CT molecular complexity index is 959. The predicted molar refractivity (Wildman–Crippen MR) is 105 cm³/mol. The van der Waals surface area contributed by atoms with E-state index in [1.54, 1.807) is 30.9 Å². The molecule has 7 nitrogen and oxygen atoms in total. The van der Waals surface area contributed by atoms with Crippen molar-refractivity contribution in [1.82, 2.24) is 4.98 Å². The molecule has 0 radical (unpaired) electrons. The molecule has 0 saturated carbocycles. The van der Waals surface area contributed by atoms with Crippen LogP contribution in [0.3, 0.4) is 0 Å². The van der Waals surface area contributed by atoms with Crippen molar-refractivity contribution < 1.29 is 19.0 Å². The van der Waals surface area contributed by atoms with Crippen molar-refractivity contribution in [2.24, 2.45) is 0 Å². The lowest BCUT2D eigenvalue weighted by Gasteiger charge is -2.33. The first-order valence-electron chi connectivity index (χ1n) is 8.41. The molecule has 3 rings (SSSR count). The maximum Gasteiger partial charge on any atom is 0.254 e. The number of nitrogens with zero attached hydrogens (tertiary/aromatic N) is 4. The topological polar surface area (TPSA) is 89.7 Å². The second kappa shape index (κ2) is 7.30. The van der Waals surface area contributed by atoms with Gasteiger partial charge in [0.1, 0.15) is 11.6 Å². The normalized spacial score (nSPS) is 18.3. The molecule has 1 aliphatic heterocycles. The van der Waals surface area contributed by atoms with Gasteiger partial charge < -0.3 is 14.7 Å². The number of anilines is 2. The summed E-state index contributed by atoms with van der Waals surface area (Å²) < 4.78 is 20.1. The zero-order valence-electron chi connectivity index (χ0n) is 15.5. The molecule has 9 heteroatoms. The summed E-state index contributed by atoms with van der Waals surface area (Å²) in [5.74, 6) is -1.40. The third-order valence-electron chi connectivity index (χ3n) is 4.72. The minimum absolute atomic E-state index is 0.0311. The van der Waals surface area contributed by atoms with Gasteiger partial charge in [-0.25, -0.2) is 4.39 Å². The SMILES string of the molecule is COc1c(C#N)ccc(N2C(=O)C(C)(C)N(c3ccc(CO)nc3)C2S)c1F. The lowest BCUT2D eigenvalue weighted by atomic mass is 10.0. The van der Waals surface area contributed by atoms with E-state index in [4.69, 9.17) is 10.00 Å². The molecule has 0 spiro atoms. The highest BCUT2D eigenvalue weighted by Gasteiger charge is 2.52. The van der Waals surface area contributed by atoms with Crippen LogP contribution in [0, 0.1) is 17.1 Å². The van der Waals surface area contributed by atoms with Crippen LogP contribution in [-0.4, -0.2) is 34.1 Å². The van der Waals surface area contributed by atoms with Crippen molar-refractivity contribution in [1.29, 1.82) is 5.26 Å². The number of pyridine rings is 1. The number of thiol groups is 1. The number of hydrogen-bond donors (Lipinski definition) is 2. The number of hydrogen-bond acceptors (Lipinski definition) is 7. The molecule has 1 saturated heterocycles. The summed E-state index contributed by atoms with van der Waals surface area (Å²) in [4.78, 5) is 20.2. The van der Waals surface area contributed by atoms with Crippen LogP contribution in [0.5, 0.6) is 5.75 Å². The average molecular weight is 402 g/mol. The van der Waals surface area contributed by atoms with E-state index >= 15 is 4.39 Å². The molecule has 1 aliphatic rings. The molecule has 0 bridgehead atoms. The molecule has 2 heterocycles. The van der Waals surface area contributed by atoms with E-state index < -0.39 is 16.9 Å². The fourth-order valence-corrected chi connectivity index (χ4v) is 3.92. The number of methoxy groups -OCH3 is 1. The van der Waals surface area contributed by atoms with Crippen LogP contribution in [0.1, 0.15) is 25.1 Å². The molecule has 1 aromatic heterocycles. The van der Waals surface area contributed by atoms with Gasteiger partial charge in [0.25, 0.3) is 5.91 Å². The fraction of sp³-hybridized carbons (Fsp3) is 0.316. The van der Waals surface area contributed by atoms with Crippen LogP contribution in [0.4, 0.5) is 15.8 Å². The molecular weight excluding hydrogens is 383 g/mol. The minimum atomic E-state index is -1.04. The van der Waals surface area contributed by atoms with Crippen molar-refractivity contribution in [3.05, 3.63) is 47.5 Å². The molecule has 1 aromatic carbocycles. The zero-order chi connectivity index (χ0) is 20.6. The Morgan fingerprint density at radius 3 is 2.64 bits per heavy atom. The van der Waals surface area contributed by atoms with E-state index in [9.17, 15) is 9.90 Å². The molecule has 0 aliphatic carbocycles. The molecule has 1 atom stereocenters. The number of nitriles is 1. The van der Waals surface area contributed by atoms with Crippen molar-refractivity contribution in [3.63, 3.8) is 0 Å². The Hall–Kier alpha value is -2.83. The summed E-state index contributed by atoms with van der Waals surface area (Å²) >= 11 is 4.57. The van der Waals surface area contributed by atoms with E-state index in [0.29, 0.717) is 11.4 Å². The maximum absolute atomic E-state index is 15.0. The monoisotopic (exact) mass is 402 g/mol. The van der Waals surface area contributed by atoms with Crippen molar-refractivity contribution >= 4 is 29.9 Å². The van der Waals surface area contributed by atoms with E-state index in [0.717, 1.165) is 0 Å². The first-order valence-corrected chi connectivity index (χ1v) is 8.93. The summed E-state index contributed by atoms with van der Waals surface area (Å²) in [6, 6.07) is 7.99. The van der Waals surface area contributed by atoms with Gasteiger partial charge in [0, 0.05) is 0 Å². The highest BCUT2D eigenvalue weighted by atomic mass is 32.1. The van der Waals surface area contributed by atoms with Crippen LogP contribution >= 0.6 is 12.6 Å². The van der Waals surface area contributed by atoms with Crippen LogP contribution < -0.4 is 14.5 Å². The average Bonchev–Trinajstić information content (AvgIpc) is 2.86. The summed E-state index contributed by atoms with van der Waals surface area (Å²) in [5.41, 5.74) is -0.775. The minimum Gasteiger partial charge on any atom is -0.492 e. The second-order valence-corrected chi connectivity index (χ2v) is 7.17.